The molecule has 2 aliphatic rings. The second kappa shape index (κ2) is 5.28. The van der Waals surface area contributed by atoms with Gasteiger partial charge in [0.25, 0.3) is 0 Å². The van der Waals surface area contributed by atoms with E-state index in [2.05, 4.69) is 30.5 Å². The van der Waals surface area contributed by atoms with Crippen LogP contribution in [-0.2, 0) is 0 Å². The number of nitrogens with zero attached hydrogens (tertiary/aromatic N) is 1. The molecule has 3 unspecified atom stereocenters. The standard InChI is InChI=1S/C13H26N2S/c1-3-11-9-15(7-8-16-11)10-13(2)6-4-5-12(13)14/h11-12H,3-10,14H2,1-2H3. The van der Waals surface area contributed by atoms with E-state index in [1.807, 2.05) is 0 Å². The smallest absolute Gasteiger partial charge is 0.0172 e. The van der Waals surface area contributed by atoms with Gasteiger partial charge in [-0.25, -0.2) is 0 Å². The summed E-state index contributed by atoms with van der Waals surface area (Å²) in [6, 6.07) is 0.433. The fourth-order valence-corrected chi connectivity index (χ4v) is 4.39. The first-order valence-corrected chi connectivity index (χ1v) is 7.78. The SMILES string of the molecule is CCC1CN(CC2(C)CCCC2N)CCS1. The van der Waals surface area contributed by atoms with Crippen LogP contribution in [0.5, 0.6) is 0 Å². The molecule has 2 rings (SSSR count). The van der Waals surface area contributed by atoms with Crippen LogP contribution in [-0.4, -0.2) is 41.6 Å². The molecular formula is C13H26N2S. The van der Waals surface area contributed by atoms with E-state index in [4.69, 9.17) is 5.73 Å². The van der Waals surface area contributed by atoms with Crippen LogP contribution in [0.1, 0.15) is 39.5 Å². The Kier molecular flexibility index (Phi) is 4.20. The molecule has 0 radical (unpaired) electrons. The first-order valence-electron chi connectivity index (χ1n) is 6.73. The summed E-state index contributed by atoms with van der Waals surface area (Å²) in [6.07, 6.45) is 5.20. The minimum Gasteiger partial charge on any atom is -0.327 e. The van der Waals surface area contributed by atoms with Gasteiger partial charge in [0.1, 0.15) is 0 Å². The minimum absolute atomic E-state index is 0.389. The van der Waals surface area contributed by atoms with Crippen molar-refractivity contribution in [3.8, 4) is 0 Å². The Balaban J connectivity index is 1.88. The van der Waals surface area contributed by atoms with Gasteiger partial charge in [-0.15, -0.1) is 0 Å². The van der Waals surface area contributed by atoms with Gasteiger partial charge < -0.3 is 10.6 Å². The van der Waals surface area contributed by atoms with Gasteiger partial charge in [-0.1, -0.05) is 20.3 Å². The molecule has 94 valence electrons. The molecule has 0 aromatic carbocycles. The van der Waals surface area contributed by atoms with Crippen molar-refractivity contribution in [1.82, 2.24) is 4.90 Å². The average Bonchev–Trinajstić information content (AvgIpc) is 2.59. The quantitative estimate of drug-likeness (QED) is 0.823. The summed E-state index contributed by atoms with van der Waals surface area (Å²) in [5.41, 5.74) is 6.65. The van der Waals surface area contributed by atoms with Gasteiger partial charge in [0.05, 0.1) is 0 Å². The normalized spacial score (nSPS) is 41.4. The zero-order chi connectivity index (χ0) is 11.6. The highest BCUT2D eigenvalue weighted by molar-refractivity contribution is 8.00. The van der Waals surface area contributed by atoms with Crippen molar-refractivity contribution < 1.29 is 0 Å². The number of hydrogen-bond acceptors (Lipinski definition) is 3. The lowest BCUT2D eigenvalue weighted by Gasteiger charge is -2.39. The number of rotatable bonds is 3. The van der Waals surface area contributed by atoms with Gasteiger partial charge >= 0.3 is 0 Å². The first kappa shape index (κ1) is 12.7. The fraction of sp³-hybridized carbons (Fsp3) is 1.00. The third kappa shape index (κ3) is 2.74. The van der Waals surface area contributed by atoms with E-state index in [9.17, 15) is 0 Å². The molecule has 3 heteroatoms. The van der Waals surface area contributed by atoms with Crippen molar-refractivity contribution >= 4 is 11.8 Å². The molecule has 3 atom stereocenters. The van der Waals surface area contributed by atoms with Gasteiger partial charge in [-0.05, 0) is 24.7 Å². The predicted octanol–water partition coefficient (Wildman–Crippen LogP) is 2.33. The van der Waals surface area contributed by atoms with Crippen molar-refractivity contribution in [3.63, 3.8) is 0 Å². The van der Waals surface area contributed by atoms with Crippen LogP contribution in [0.15, 0.2) is 0 Å². The van der Waals surface area contributed by atoms with E-state index in [1.54, 1.807) is 0 Å². The van der Waals surface area contributed by atoms with Crippen LogP contribution in [0, 0.1) is 5.41 Å². The Hall–Kier alpha value is 0.270. The summed E-state index contributed by atoms with van der Waals surface area (Å²) in [5.74, 6) is 1.31. The summed E-state index contributed by atoms with van der Waals surface area (Å²) in [4.78, 5) is 2.66. The van der Waals surface area contributed by atoms with Crippen LogP contribution in [0.3, 0.4) is 0 Å². The van der Waals surface area contributed by atoms with Gasteiger partial charge in [0.15, 0.2) is 0 Å². The van der Waals surface area contributed by atoms with Gasteiger partial charge in [-0.3, -0.25) is 0 Å². The molecule has 1 saturated heterocycles. The summed E-state index contributed by atoms with van der Waals surface area (Å²) >= 11 is 2.15. The molecule has 0 aromatic rings. The Morgan fingerprint density at radius 3 is 2.94 bits per heavy atom. The molecule has 0 amide bonds. The van der Waals surface area contributed by atoms with Crippen molar-refractivity contribution in [2.24, 2.45) is 11.1 Å². The maximum Gasteiger partial charge on any atom is 0.0172 e. The molecule has 1 aliphatic carbocycles. The highest BCUT2D eigenvalue weighted by atomic mass is 32.2. The highest BCUT2D eigenvalue weighted by Gasteiger charge is 2.38. The van der Waals surface area contributed by atoms with Crippen LogP contribution >= 0.6 is 11.8 Å². The molecule has 0 spiro atoms. The van der Waals surface area contributed by atoms with Crippen molar-refractivity contribution in [3.05, 3.63) is 0 Å². The molecule has 0 aromatic heterocycles. The van der Waals surface area contributed by atoms with Gasteiger partial charge in [0.2, 0.25) is 0 Å². The largest absolute Gasteiger partial charge is 0.327 e. The van der Waals surface area contributed by atoms with Crippen molar-refractivity contribution in [1.29, 1.82) is 0 Å². The Morgan fingerprint density at radius 1 is 1.50 bits per heavy atom. The van der Waals surface area contributed by atoms with Gasteiger partial charge in [-0.2, -0.15) is 11.8 Å². The lowest BCUT2D eigenvalue weighted by molar-refractivity contribution is 0.156. The van der Waals surface area contributed by atoms with Crippen LogP contribution < -0.4 is 5.73 Å². The lowest BCUT2D eigenvalue weighted by atomic mass is 9.84. The number of thioether (sulfide) groups is 1. The maximum atomic E-state index is 6.27. The minimum atomic E-state index is 0.389. The van der Waals surface area contributed by atoms with E-state index >= 15 is 0 Å². The molecule has 1 heterocycles. The number of hydrogen-bond donors (Lipinski definition) is 1. The lowest BCUT2D eigenvalue weighted by Crippen LogP contribution is -2.48. The predicted molar refractivity (Wildman–Crippen MR) is 72.9 cm³/mol. The monoisotopic (exact) mass is 242 g/mol. The zero-order valence-electron chi connectivity index (χ0n) is 10.7. The molecule has 1 saturated carbocycles. The molecular weight excluding hydrogens is 216 g/mol. The second-order valence-corrected chi connectivity index (χ2v) is 7.20. The van der Waals surface area contributed by atoms with Crippen LogP contribution in [0.25, 0.3) is 0 Å². The maximum absolute atomic E-state index is 6.27. The average molecular weight is 242 g/mol. The summed E-state index contributed by atoms with van der Waals surface area (Å²) in [5, 5.41) is 0.856. The zero-order valence-corrected chi connectivity index (χ0v) is 11.6. The molecule has 16 heavy (non-hydrogen) atoms. The van der Waals surface area contributed by atoms with E-state index in [-0.39, 0.29) is 0 Å². The van der Waals surface area contributed by atoms with Crippen LogP contribution in [0.4, 0.5) is 0 Å². The van der Waals surface area contributed by atoms with E-state index < -0.39 is 0 Å². The van der Waals surface area contributed by atoms with Crippen molar-refractivity contribution in [2.45, 2.75) is 50.8 Å². The van der Waals surface area contributed by atoms with Crippen molar-refractivity contribution in [2.75, 3.05) is 25.4 Å². The third-order valence-corrected chi connectivity index (χ3v) is 5.79. The Morgan fingerprint density at radius 2 is 2.31 bits per heavy atom. The van der Waals surface area contributed by atoms with Crippen LogP contribution in [0.2, 0.25) is 0 Å². The third-order valence-electron chi connectivity index (χ3n) is 4.42. The summed E-state index contributed by atoms with van der Waals surface area (Å²) in [7, 11) is 0. The molecule has 1 aliphatic heterocycles. The molecule has 0 bridgehead atoms. The number of nitrogens with two attached hydrogens (primary N) is 1. The second-order valence-electron chi connectivity index (χ2n) is 5.79. The fourth-order valence-electron chi connectivity index (χ4n) is 3.14. The Labute approximate surface area is 104 Å². The molecule has 2 nitrogen and oxygen atoms in total. The summed E-state index contributed by atoms with van der Waals surface area (Å²) < 4.78 is 0. The first-order chi connectivity index (χ1) is 7.64. The van der Waals surface area contributed by atoms with E-state index in [1.165, 1.54) is 51.1 Å². The summed E-state index contributed by atoms with van der Waals surface area (Å²) in [6.45, 7) is 8.48. The van der Waals surface area contributed by atoms with E-state index in [0.29, 0.717) is 11.5 Å². The molecule has 2 N–H and O–H groups in total. The molecule has 2 fully saturated rings. The van der Waals surface area contributed by atoms with Gasteiger partial charge in [0, 0.05) is 36.7 Å². The Bertz CT molecular complexity index is 234. The van der Waals surface area contributed by atoms with E-state index in [0.717, 1.165) is 5.25 Å². The highest BCUT2D eigenvalue weighted by Crippen LogP contribution is 2.38. The topological polar surface area (TPSA) is 29.3 Å².